The van der Waals surface area contributed by atoms with Gasteiger partial charge in [-0.2, -0.15) is 5.26 Å². The Morgan fingerprint density at radius 3 is 2.44 bits per heavy atom. The maximum atomic E-state index is 12.5. The van der Waals surface area contributed by atoms with E-state index in [1.807, 2.05) is 0 Å². The highest BCUT2D eigenvalue weighted by molar-refractivity contribution is 5.96. The number of carbonyl (C=O) groups is 2. The van der Waals surface area contributed by atoms with Crippen LogP contribution in [0.25, 0.3) is 5.57 Å². The third kappa shape index (κ3) is 7.09. The summed E-state index contributed by atoms with van der Waals surface area (Å²) in [7, 11) is 0. The summed E-state index contributed by atoms with van der Waals surface area (Å²) in [6, 6.07) is 6.31. The van der Waals surface area contributed by atoms with Gasteiger partial charge < -0.3 is 20.1 Å². The number of amides is 2. The zero-order valence-electron chi connectivity index (χ0n) is 18.9. The van der Waals surface area contributed by atoms with Crippen molar-refractivity contribution in [1.82, 2.24) is 15.3 Å². The van der Waals surface area contributed by atoms with Crippen molar-refractivity contribution in [2.45, 2.75) is 52.7 Å². The second-order valence-electron chi connectivity index (χ2n) is 8.06. The van der Waals surface area contributed by atoms with Gasteiger partial charge in [0.15, 0.2) is 0 Å². The molecule has 1 heterocycles. The van der Waals surface area contributed by atoms with Gasteiger partial charge in [-0.3, -0.25) is 4.79 Å². The Morgan fingerprint density at radius 2 is 1.91 bits per heavy atom. The molecule has 0 aliphatic rings. The molecule has 0 bridgehead atoms. The molecule has 0 fully saturated rings. The SMILES string of the molecule is C=C(C)c1cc(C#N)ccc1Oc1ncc(NC(=O)[C@@H](CC)NC(=O)OC(C)(C)C)cn1. The van der Waals surface area contributed by atoms with Crippen molar-refractivity contribution in [2.75, 3.05) is 5.32 Å². The first-order valence-corrected chi connectivity index (χ1v) is 10.0. The Hall–Kier alpha value is -3.93. The average Bonchev–Trinajstić information content (AvgIpc) is 2.72. The van der Waals surface area contributed by atoms with Gasteiger partial charge in [0, 0.05) is 5.56 Å². The summed E-state index contributed by atoms with van der Waals surface area (Å²) in [6.07, 6.45) is 2.49. The summed E-state index contributed by atoms with van der Waals surface area (Å²) in [5.74, 6) is 0.0354. The van der Waals surface area contributed by atoms with E-state index >= 15 is 0 Å². The first-order chi connectivity index (χ1) is 15.0. The van der Waals surface area contributed by atoms with Gasteiger partial charge in [-0.25, -0.2) is 14.8 Å². The molecule has 1 aromatic heterocycles. The molecule has 2 amide bonds. The number of nitrogens with one attached hydrogen (secondary N) is 2. The van der Waals surface area contributed by atoms with Crippen molar-refractivity contribution in [3.63, 3.8) is 0 Å². The Morgan fingerprint density at radius 1 is 1.25 bits per heavy atom. The summed E-state index contributed by atoms with van der Waals surface area (Å²) >= 11 is 0. The van der Waals surface area contributed by atoms with Crippen LogP contribution in [-0.2, 0) is 9.53 Å². The number of anilines is 1. The fraction of sp³-hybridized carbons (Fsp3) is 0.348. The minimum Gasteiger partial charge on any atom is -0.444 e. The highest BCUT2D eigenvalue weighted by atomic mass is 16.6. The zero-order chi connectivity index (χ0) is 23.9. The number of hydrogen-bond donors (Lipinski definition) is 2. The Kier molecular flexibility index (Phi) is 7.91. The van der Waals surface area contributed by atoms with E-state index in [0.29, 0.717) is 29.0 Å². The molecule has 1 aromatic carbocycles. The van der Waals surface area contributed by atoms with Crippen LogP contribution in [-0.4, -0.2) is 33.6 Å². The van der Waals surface area contributed by atoms with Gasteiger partial charge in [0.05, 0.1) is 29.7 Å². The molecular weight excluding hydrogens is 410 g/mol. The summed E-state index contributed by atoms with van der Waals surface area (Å²) in [5.41, 5.74) is 1.56. The van der Waals surface area contributed by atoms with Crippen molar-refractivity contribution < 1.29 is 19.1 Å². The molecule has 0 unspecified atom stereocenters. The van der Waals surface area contributed by atoms with Crippen LogP contribution in [0.2, 0.25) is 0 Å². The molecule has 2 rings (SSSR count). The molecule has 0 radical (unpaired) electrons. The maximum Gasteiger partial charge on any atom is 0.408 e. The molecule has 0 saturated carbocycles. The summed E-state index contributed by atoms with van der Waals surface area (Å²) < 4.78 is 10.9. The average molecular weight is 438 g/mol. The molecule has 0 spiro atoms. The molecule has 0 aliphatic heterocycles. The van der Waals surface area contributed by atoms with Crippen LogP contribution in [0.3, 0.4) is 0 Å². The number of allylic oxidation sites excluding steroid dienone is 1. The molecular formula is C23H27N5O4. The van der Waals surface area contributed by atoms with Crippen LogP contribution in [0.4, 0.5) is 10.5 Å². The first-order valence-electron chi connectivity index (χ1n) is 10.0. The molecule has 168 valence electrons. The van der Waals surface area contributed by atoms with Gasteiger partial charge in [0.25, 0.3) is 0 Å². The van der Waals surface area contributed by atoms with Crippen LogP contribution < -0.4 is 15.4 Å². The molecule has 0 saturated heterocycles. The van der Waals surface area contributed by atoms with Crippen LogP contribution >= 0.6 is 0 Å². The van der Waals surface area contributed by atoms with Gasteiger partial charge in [0.1, 0.15) is 17.4 Å². The first kappa shape index (κ1) is 24.3. The van der Waals surface area contributed by atoms with E-state index in [2.05, 4.69) is 33.2 Å². The number of nitrogens with zero attached hydrogens (tertiary/aromatic N) is 3. The van der Waals surface area contributed by atoms with E-state index in [-0.39, 0.29) is 6.01 Å². The molecule has 9 heteroatoms. The number of rotatable bonds is 7. The molecule has 1 atom stereocenters. The Labute approximate surface area is 187 Å². The monoisotopic (exact) mass is 437 g/mol. The molecule has 32 heavy (non-hydrogen) atoms. The zero-order valence-corrected chi connectivity index (χ0v) is 18.9. The lowest BCUT2D eigenvalue weighted by Crippen LogP contribution is -2.45. The topological polar surface area (TPSA) is 126 Å². The lowest BCUT2D eigenvalue weighted by molar-refractivity contribution is -0.118. The van der Waals surface area contributed by atoms with Gasteiger partial charge in [0.2, 0.25) is 5.91 Å². The van der Waals surface area contributed by atoms with E-state index in [1.165, 1.54) is 12.4 Å². The molecule has 2 aromatic rings. The molecule has 2 N–H and O–H groups in total. The Bertz CT molecular complexity index is 1040. The number of aromatic nitrogens is 2. The smallest absolute Gasteiger partial charge is 0.408 e. The van der Waals surface area contributed by atoms with Crippen molar-refractivity contribution >= 4 is 23.3 Å². The van der Waals surface area contributed by atoms with Crippen LogP contribution in [0.1, 0.15) is 52.2 Å². The van der Waals surface area contributed by atoms with Crippen LogP contribution in [0, 0.1) is 11.3 Å². The summed E-state index contributed by atoms with van der Waals surface area (Å²) in [6.45, 7) is 12.7. The lowest BCUT2D eigenvalue weighted by atomic mass is 10.1. The van der Waals surface area contributed by atoms with Gasteiger partial charge in [-0.1, -0.05) is 13.5 Å². The maximum absolute atomic E-state index is 12.5. The van der Waals surface area contributed by atoms with Crippen molar-refractivity contribution in [2.24, 2.45) is 0 Å². The number of carbonyl (C=O) groups excluding carboxylic acids is 2. The molecule has 0 aliphatic carbocycles. The largest absolute Gasteiger partial charge is 0.444 e. The third-order valence-corrected chi connectivity index (χ3v) is 4.08. The van der Waals surface area contributed by atoms with E-state index < -0.39 is 23.6 Å². The van der Waals surface area contributed by atoms with E-state index in [4.69, 9.17) is 14.7 Å². The molecule has 9 nitrogen and oxygen atoms in total. The van der Waals surface area contributed by atoms with Gasteiger partial charge >= 0.3 is 12.1 Å². The highest BCUT2D eigenvalue weighted by Crippen LogP contribution is 2.29. The van der Waals surface area contributed by atoms with Gasteiger partial charge in [-0.05, 0) is 57.9 Å². The minimum absolute atomic E-state index is 0.0640. The predicted octanol–water partition coefficient (Wildman–Crippen LogP) is 4.42. The number of hydrogen-bond acceptors (Lipinski definition) is 7. The lowest BCUT2D eigenvalue weighted by Gasteiger charge is -2.22. The standard InChI is InChI=1S/C23H27N5O4/c1-7-18(28-22(30)32-23(4,5)6)20(29)27-16-12-25-21(26-13-16)31-19-9-8-15(11-24)10-17(19)14(2)3/h8-10,12-13,18H,2,7H2,1,3-6H3,(H,27,29)(H,28,30)/t18-/m1/s1. The van der Waals surface area contributed by atoms with Crippen molar-refractivity contribution in [1.29, 1.82) is 5.26 Å². The fourth-order valence-corrected chi connectivity index (χ4v) is 2.59. The number of alkyl carbamates (subject to hydrolysis) is 1. The number of nitriles is 1. The quantitative estimate of drug-likeness (QED) is 0.657. The number of ether oxygens (including phenoxy) is 2. The van der Waals surface area contributed by atoms with Crippen molar-refractivity contribution in [3.8, 4) is 17.8 Å². The Balaban J connectivity index is 2.05. The van der Waals surface area contributed by atoms with E-state index in [0.717, 1.165) is 5.57 Å². The van der Waals surface area contributed by atoms with Gasteiger partial charge in [-0.15, -0.1) is 0 Å². The summed E-state index contributed by atoms with van der Waals surface area (Å²) in [5, 5.41) is 14.3. The van der Waals surface area contributed by atoms with E-state index in [1.54, 1.807) is 52.8 Å². The fourth-order valence-electron chi connectivity index (χ4n) is 2.59. The van der Waals surface area contributed by atoms with E-state index in [9.17, 15) is 9.59 Å². The summed E-state index contributed by atoms with van der Waals surface area (Å²) in [4.78, 5) is 32.7. The minimum atomic E-state index is -0.780. The van der Waals surface area contributed by atoms with Crippen LogP contribution in [0.5, 0.6) is 11.8 Å². The van der Waals surface area contributed by atoms with Crippen molar-refractivity contribution in [3.05, 3.63) is 48.3 Å². The number of benzene rings is 1. The second-order valence-corrected chi connectivity index (χ2v) is 8.06. The normalized spacial score (nSPS) is 11.6. The third-order valence-electron chi connectivity index (χ3n) is 4.08. The second kappa shape index (κ2) is 10.4. The highest BCUT2D eigenvalue weighted by Gasteiger charge is 2.23. The van der Waals surface area contributed by atoms with Crippen LogP contribution in [0.15, 0.2) is 37.2 Å². The predicted molar refractivity (Wildman–Crippen MR) is 120 cm³/mol.